The van der Waals surface area contributed by atoms with Gasteiger partial charge >= 0.3 is 5.97 Å². The molecule has 14 heavy (non-hydrogen) atoms. The van der Waals surface area contributed by atoms with Crippen molar-refractivity contribution in [1.29, 1.82) is 0 Å². The lowest BCUT2D eigenvalue weighted by Gasteiger charge is -1.98. The van der Waals surface area contributed by atoms with Crippen molar-refractivity contribution in [3.8, 4) is 0 Å². The third-order valence-corrected chi connectivity index (χ3v) is 1.78. The van der Waals surface area contributed by atoms with Crippen LogP contribution in [0.5, 0.6) is 0 Å². The van der Waals surface area contributed by atoms with Gasteiger partial charge in [-0.3, -0.25) is 4.79 Å². The van der Waals surface area contributed by atoms with E-state index in [1.54, 1.807) is 0 Å². The molecule has 0 amide bonds. The largest absolute Gasteiger partial charge is 0.477 e. The molecule has 0 atom stereocenters. The van der Waals surface area contributed by atoms with Gasteiger partial charge in [-0.1, -0.05) is 6.92 Å². The van der Waals surface area contributed by atoms with E-state index in [9.17, 15) is 9.59 Å². The third-order valence-electron chi connectivity index (χ3n) is 1.78. The zero-order chi connectivity index (χ0) is 10.6. The molecule has 4 heteroatoms. The summed E-state index contributed by atoms with van der Waals surface area (Å²) in [6.07, 6.45) is 2.55. The van der Waals surface area contributed by atoms with Crippen LogP contribution in [0.25, 0.3) is 0 Å². The van der Waals surface area contributed by atoms with E-state index in [0.29, 0.717) is 12.0 Å². The monoisotopic (exact) mass is 193 g/mol. The number of rotatable bonds is 4. The van der Waals surface area contributed by atoms with Crippen LogP contribution in [-0.4, -0.2) is 21.8 Å². The van der Waals surface area contributed by atoms with Gasteiger partial charge in [0.15, 0.2) is 5.78 Å². The topological polar surface area (TPSA) is 67.3 Å². The summed E-state index contributed by atoms with van der Waals surface area (Å²) >= 11 is 0. The van der Waals surface area contributed by atoms with Crippen molar-refractivity contribution in [1.82, 2.24) is 4.98 Å². The molecule has 0 saturated heterocycles. The summed E-state index contributed by atoms with van der Waals surface area (Å²) in [6.45, 7) is 1.91. The van der Waals surface area contributed by atoms with Gasteiger partial charge < -0.3 is 5.11 Å². The second-order valence-corrected chi connectivity index (χ2v) is 2.91. The molecule has 1 heterocycles. The van der Waals surface area contributed by atoms with Crippen LogP contribution in [0.15, 0.2) is 18.3 Å². The molecule has 0 aliphatic carbocycles. The fourth-order valence-electron chi connectivity index (χ4n) is 1.06. The number of Topliss-reactive ketones (excluding diaryl/α,β-unsaturated/α-hetero) is 1. The molecule has 1 aromatic heterocycles. The van der Waals surface area contributed by atoms with Crippen LogP contribution in [0.2, 0.25) is 0 Å². The summed E-state index contributed by atoms with van der Waals surface area (Å²) in [4.78, 5) is 25.5. The maximum absolute atomic E-state index is 11.3. The highest BCUT2D eigenvalue weighted by atomic mass is 16.4. The zero-order valence-electron chi connectivity index (χ0n) is 7.86. The number of nitrogens with zero attached hydrogens (tertiary/aromatic N) is 1. The van der Waals surface area contributed by atoms with E-state index in [2.05, 4.69) is 4.98 Å². The van der Waals surface area contributed by atoms with Crippen LogP contribution >= 0.6 is 0 Å². The number of aromatic carboxylic acids is 1. The SMILES string of the molecule is CCCC(=O)c1ccc(C(=O)O)nc1. The Hall–Kier alpha value is -1.71. The predicted molar refractivity (Wildman–Crippen MR) is 50.4 cm³/mol. The van der Waals surface area contributed by atoms with E-state index < -0.39 is 5.97 Å². The van der Waals surface area contributed by atoms with Crippen LogP contribution in [0.4, 0.5) is 0 Å². The number of hydrogen-bond donors (Lipinski definition) is 1. The zero-order valence-corrected chi connectivity index (χ0v) is 7.86. The summed E-state index contributed by atoms with van der Waals surface area (Å²) < 4.78 is 0. The lowest BCUT2D eigenvalue weighted by molar-refractivity contribution is 0.0690. The maximum Gasteiger partial charge on any atom is 0.354 e. The Bertz CT molecular complexity index is 343. The summed E-state index contributed by atoms with van der Waals surface area (Å²) in [5.74, 6) is -1.09. The van der Waals surface area contributed by atoms with E-state index in [1.165, 1.54) is 18.3 Å². The van der Waals surface area contributed by atoms with Crippen molar-refractivity contribution in [2.45, 2.75) is 19.8 Å². The van der Waals surface area contributed by atoms with Crippen molar-refractivity contribution in [2.75, 3.05) is 0 Å². The number of carbonyl (C=O) groups excluding carboxylic acids is 1. The molecule has 0 aliphatic rings. The van der Waals surface area contributed by atoms with Crippen molar-refractivity contribution in [3.63, 3.8) is 0 Å². The Morgan fingerprint density at radius 2 is 2.14 bits per heavy atom. The maximum atomic E-state index is 11.3. The number of ketones is 1. The Labute approximate surface area is 81.6 Å². The molecule has 0 saturated carbocycles. The smallest absolute Gasteiger partial charge is 0.354 e. The van der Waals surface area contributed by atoms with Crippen LogP contribution in [-0.2, 0) is 0 Å². The molecule has 1 aromatic rings. The van der Waals surface area contributed by atoms with Crippen molar-refractivity contribution in [3.05, 3.63) is 29.6 Å². The minimum atomic E-state index is -1.08. The van der Waals surface area contributed by atoms with Gasteiger partial charge in [0.1, 0.15) is 5.69 Å². The first-order chi connectivity index (χ1) is 6.65. The molecule has 0 aromatic carbocycles. The van der Waals surface area contributed by atoms with Crippen LogP contribution < -0.4 is 0 Å². The van der Waals surface area contributed by atoms with Crippen LogP contribution in [0.1, 0.15) is 40.6 Å². The first-order valence-corrected chi connectivity index (χ1v) is 4.37. The Balaban J connectivity index is 2.83. The van der Waals surface area contributed by atoms with E-state index in [0.717, 1.165) is 6.42 Å². The van der Waals surface area contributed by atoms with E-state index >= 15 is 0 Å². The number of aromatic nitrogens is 1. The predicted octanol–water partition coefficient (Wildman–Crippen LogP) is 1.76. The number of carboxylic acid groups (broad SMARTS) is 1. The summed E-state index contributed by atoms with van der Waals surface area (Å²) in [5.41, 5.74) is 0.426. The Morgan fingerprint density at radius 1 is 1.43 bits per heavy atom. The minimum absolute atomic E-state index is 0.00283. The molecular formula is C10H11NO3. The van der Waals surface area contributed by atoms with Crippen LogP contribution in [0.3, 0.4) is 0 Å². The average molecular weight is 193 g/mol. The highest BCUT2D eigenvalue weighted by Crippen LogP contribution is 2.05. The van der Waals surface area contributed by atoms with Gasteiger partial charge in [-0.05, 0) is 18.6 Å². The fraction of sp³-hybridized carbons (Fsp3) is 0.300. The highest BCUT2D eigenvalue weighted by molar-refractivity contribution is 5.96. The molecule has 0 fully saturated rings. The first kappa shape index (κ1) is 10.4. The van der Waals surface area contributed by atoms with Gasteiger partial charge in [-0.2, -0.15) is 0 Å². The molecule has 0 radical (unpaired) electrons. The van der Waals surface area contributed by atoms with Crippen LogP contribution in [0, 0.1) is 0 Å². The second kappa shape index (κ2) is 4.50. The van der Waals surface area contributed by atoms with Gasteiger partial charge in [0.25, 0.3) is 0 Å². The molecule has 4 nitrogen and oxygen atoms in total. The van der Waals surface area contributed by atoms with Gasteiger partial charge in [0.2, 0.25) is 0 Å². The van der Waals surface area contributed by atoms with Crippen molar-refractivity contribution in [2.24, 2.45) is 0 Å². The van der Waals surface area contributed by atoms with Gasteiger partial charge in [0, 0.05) is 18.2 Å². The molecule has 1 rings (SSSR count). The fourth-order valence-corrected chi connectivity index (χ4v) is 1.06. The first-order valence-electron chi connectivity index (χ1n) is 4.37. The molecule has 0 spiro atoms. The molecule has 1 N–H and O–H groups in total. The highest BCUT2D eigenvalue weighted by Gasteiger charge is 2.07. The van der Waals surface area contributed by atoms with E-state index in [4.69, 9.17) is 5.11 Å². The molecule has 0 unspecified atom stereocenters. The van der Waals surface area contributed by atoms with Gasteiger partial charge in [-0.25, -0.2) is 9.78 Å². The molecular weight excluding hydrogens is 182 g/mol. The van der Waals surface area contributed by atoms with E-state index in [1.807, 2.05) is 6.92 Å². The van der Waals surface area contributed by atoms with Crippen molar-refractivity contribution >= 4 is 11.8 Å². The van der Waals surface area contributed by atoms with Crippen molar-refractivity contribution < 1.29 is 14.7 Å². The second-order valence-electron chi connectivity index (χ2n) is 2.91. The molecule has 0 bridgehead atoms. The number of pyridine rings is 1. The summed E-state index contributed by atoms with van der Waals surface area (Å²) in [7, 11) is 0. The van der Waals surface area contributed by atoms with E-state index in [-0.39, 0.29) is 11.5 Å². The minimum Gasteiger partial charge on any atom is -0.477 e. The van der Waals surface area contributed by atoms with Gasteiger partial charge in [-0.15, -0.1) is 0 Å². The summed E-state index contributed by atoms with van der Waals surface area (Å²) in [6, 6.07) is 2.83. The number of hydrogen-bond acceptors (Lipinski definition) is 3. The lowest BCUT2D eigenvalue weighted by atomic mass is 10.1. The molecule has 74 valence electrons. The average Bonchev–Trinajstić information content (AvgIpc) is 2.18. The quantitative estimate of drug-likeness (QED) is 0.740. The summed E-state index contributed by atoms with van der Waals surface area (Å²) in [5, 5.41) is 8.57. The Morgan fingerprint density at radius 3 is 2.57 bits per heavy atom. The number of carbonyl (C=O) groups is 2. The number of carboxylic acids is 1. The normalized spacial score (nSPS) is 9.79. The third kappa shape index (κ3) is 2.39. The van der Waals surface area contributed by atoms with Gasteiger partial charge in [0.05, 0.1) is 0 Å². The Kier molecular flexibility index (Phi) is 3.34. The molecule has 0 aliphatic heterocycles. The lowest BCUT2D eigenvalue weighted by Crippen LogP contribution is -2.03. The standard InChI is InChI=1S/C10H11NO3/c1-2-3-9(12)7-4-5-8(10(13)14)11-6-7/h4-6H,2-3H2,1H3,(H,13,14).